The lowest BCUT2D eigenvalue weighted by Gasteiger charge is -2.32. The summed E-state index contributed by atoms with van der Waals surface area (Å²) in [5.74, 6) is -0.316. The average Bonchev–Trinajstić information content (AvgIpc) is 2.86. The molecule has 0 aromatic heterocycles. The molecule has 1 fully saturated rings. The van der Waals surface area contributed by atoms with Gasteiger partial charge in [-0.05, 0) is 60.9 Å². The monoisotopic (exact) mass is 483 g/mol. The summed E-state index contributed by atoms with van der Waals surface area (Å²) in [6.45, 7) is 5.35. The van der Waals surface area contributed by atoms with Gasteiger partial charge in [0.15, 0.2) is 0 Å². The van der Waals surface area contributed by atoms with Gasteiger partial charge in [0, 0.05) is 38.8 Å². The first kappa shape index (κ1) is 24.4. The fourth-order valence-corrected chi connectivity index (χ4v) is 6.46. The van der Waals surface area contributed by atoms with Gasteiger partial charge in [0.2, 0.25) is 21.8 Å². The second kappa shape index (κ2) is 10.3. The predicted octanol–water partition coefficient (Wildman–Crippen LogP) is 3.31. The van der Waals surface area contributed by atoms with Crippen LogP contribution in [0.5, 0.6) is 0 Å². The number of nitrogens with zero attached hydrogens (tertiary/aromatic N) is 2. The third-order valence-electron chi connectivity index (χ3n) is 6.89. The number of hydrogen-bond acceptors (Lipinski definition) is 4. The minimum absolute atomic E-state index is 0.0389. The van der Waals surface area contributed by atoms with Gasteiger partial charge in [-0.2, -0.15) is 4.31 Å². The van der Waals surface area contributed by atoms with Crippen molar-refractivity contribution in [3.63, 3.8) is 0 Å². The highest BCUT2D eigenvalue weighted by molar-refractivity contribution is 7.89. The molecular formula is C26H33N3O4S. The number of piperidine rings is 1. The van der Waals surface area contributed by atoms with E-state index in [2.05, 4.69) is 12.2 Å². The summed E-state index contributed by atoms with van der Waals surface area (Å²) in [6.07, 6.45) is 2.88. The molecular weight excluding hydrogens is 450 g/mol. The van der Waals surface area contributed by atoms with Gasteiger partial charge in [-0.15, -0.1) is 0 Å². The van der Waals surface area contributed by atoms with Gasteiger partial charge in [0.25, 0.3) is 0 Å². The van der Waals surface area contributed by atoms with Crippen LogP contribution in [0.3, 0.4) is 0 Å². The van der Waals surface area contributed by atoms with Crippen molar-refractivity contribution in [2.45, 2.75) is 50.3 Å². The zero-order valence-corrected chi connectivity index (χ0v) is 20.7. The Bertz CT molecular complexity index is 1150. The molecule has 1 N–H and O–H groups in total. The third-order valence-corrected chi connectivity index (χ3v) is 8.75. The number of aryl methyl sites for hydroxylation is 1. The van der Waals surface area contributed by atoms with Gasteiger partial charge in [-0.1, -0.05) is 37.3 Å². The molecule has 1 saturated heterocycles. The second-order valence-electron chi connectivity index (χ2n) is 9.32. The molecule has 4 rings (SSSR count). The molecule has 7 nitrogen and oxygen atoms in total. The lowest BCUT2D eigenvalue weighted by Crippen LogP contribution is -2.46. The number of amides is 2. The number of anilines is 1. The summed E-state index contributed by atoms with van der Waals surface area (Å²) in [4.78, 5) is 26.7. The van der Waals surface area contributed by atoms with E-state index in [1.54, 1.807) is 23.1 Å². The van der Waals surface area contributed by atoms with Crippen LogP contribution in [0.15, 0.2) is 53.4 Å². The quantitative estimate of drug-likeness (QED) is 0.683. The molecule has 2 amide bonds. The summed E-state index contributed by atoms with van der Waals surface area (Å²) in [5, 5.41) is 3.02. The van der Waals surface area contributed by atoms with Crippen LogP contribution in [0.4, 0.5) is 5.69 Å². The number of hydrogen-bond donors (Lipinski definition) is 1. The second-order valence-corrected chi connectivity index (χ2v) is 11.3. The van der Waals surface area contributed by atoms with E-state index in [-0.39, 0.29) is 35.1 Å². The molecule has 0 unspecified atom stereocenters. The first-order chi connectivity index (χ1) is 16.3. The normalized spacial score (nSPS) is 19.8. The van der Waals surface area contributed by atoms with Gasteiger partial charge in [0.1, 0.15) is 0 Å². The summed E-state index contributed by atoms with van der Waals surface area (Å²) in [7, 11) is -3.72. The molecule has 34 heavy (non-hydrogen) atoms. The van der Waals surface area contributed by atoms with Gasteiger partial charge in [-0.3, -0.25) is 9.59 Å². The highest BCUT2D eigenvalue weighted by Crippen LogP contribution is 2.31. The number of sulfonamides is 1. The van der Waals surface area contributed by atoms with Crippen LogP contribution in [-0.4, -0.2) is 50.7 Å². The van der Waals surface area contributed by atoms with Crippen molar-refractivity contribution < 1.29 is 18.0 Å². The van der Waals surface area contributed by atoms with E-state index < -0.39 is 10.0 Å². The molecule has 2 heterocycles. The van der Waals surface area contributed by atoms with Crippen molar-refractivity contribution >= 4 is 27.5 Å². The smallest absolute Gasteiger partial charge is 0.243 e. The number of benzene rings is 2. The topological polar surface area (TPSA) is 86.8 Å². The Morgan fingerprint density at radius 3 is 2.59 bits per heavy atom. The Balaban J connectivity index is 1.43. The highest BCUT2D eigenvalue weighted by atomic mass is 32.2. The van der Waals surface area contributed by atoms with E-state index in [1.165, 1.54) is 11.2 Å². The minimum Gasteiger partial charge on any atom is -0.355 e. The van der Waals surface area contributed by atoms with Crippen molar-refractivity contribution in [3.05, 3.63) is 59.7 Å². The fourth-order valence-electron chi connectivity index (χ4n) is 4.88. The highest BCUT2D eigenvalue weighted by Gasteiger charge is 2.34. The number of carbonyl (C=O) groups excluding carboxylic acids is 2. The van der Waals surface area contributed by atoms with E-state index in [0.717, 1.165) is 29.7 Å². The van der Waals surface area contributed by atoms with Crippen molar-refractivity contribution in [1.29, 1.82) is 0 Å². The Morgan fingerprint density at radius 1 is 1.09 bits per heavy atom. The summed E-state index contributed by atoms with van der Waals surface area (Å²) < 4.78 is 28.3. The Kier molecular flexibility index (Phi) is 7.38. The maximum absolute atomic E-state index is 13.4. The molecule has 0 bridgehead atoms. The van der Waals surface area contributed by atoms with Crippen LogP contribution in [0.1, 0.15) is 50.2 Å². The van der Waals surface area contributed by atoms with Crippen LogP contribution >= 0.6 is 0 Å². The summed E-state index contributed by atoms with van der Waals surface area (Å²) in [5.41, 5.74) is 2.83. The molecule has 2 aromatic rings. The number of rotatable bonds is 6. The van der Waals surface area contributed by atoms with E-state index in [4.69, 9.17) is 0 Å². The minimum atomic E-state index is -3.72. The molecule has 2 aliphatic rings. The van der Waals surface area contributed by atoms with Crippen molar-refractivity contribution in [3.8, 4) is 0 Å². The summed E-state index contributed by atoms with van der Waals surface area (Å²) >= 11 is 0. The molecule has 0 spiro atoms. The van der Waals surface area contributed by atoms with Crippen molar-refractivity contribution in [1.82, 2.24) is 9.62 Å². The van der Waals surface area contributed by atoms with Gasteiger partial charge >= 0.3 is 0 Å². The van der Waals surface area contributed by atoms with Crippen molar-refractivity contribution in [2.24, 2.45) is 5.92 Å². The van der Waals surface area contributed by atoms with E-state index >= 15 is 0 Å². The molecule has 2 atom stereocenters. The van der Waals surface area contributed by atoms with Crippen LogP contribution in [0.25, 0.3) is 0 Å². The molecule has 0 radical (unpaired) electrons. The molecule has 2 aliphatic heterocycles. The molecule has 182 valence electrons. The van der Waals surface area contributed by atoms with E-state index in [1.807, 2.05) is 30.3 Å². The molecule has 0 aliphatic carbocycles. The average molecular weight is 484 g/mol. The maximum atomic E-state index is 13.4. The summed E-state index contributed by atoms with van der Waals surface area (Å²) in [6, 6.07) is 15.0. The number of nitrogens with one attached hydrogen (secondary N) is 1. The Hall–Kier alpha value is -2.71. The molecule has 8 heteroatoms. The zero-order valence-electron chi connectivity index (χ0n) is 19.9. The number of fused-ring (bicyclic) bond motifs is 1. The van der Waals surface area contributed by atoms with Crippen LogP contribution in [0.2, 0.25) is 0 Å². The Morgan fingerprint density at radius 2 is 1.85 bits per heavy atom. The van der Waals surface area contributed by atoms with Gasteiger partial charge < -0.3 is 10.2 Å². The van der Waals surface area contributed by atoms with Gasteiger partial charge in [-0.25, -0.2) is 8.42 Å². The van der Waals surface area contributed by atoms with Gasteiger partial charge in [0.05, 0.1) is 10.8 Å². The van der Waals surface area contributed by atoms with Crippen LogP contribution < -0.4 is 10.2 Å². The van der Waals surface area contributed by atoms with E-state index in [9.17, 15) is 18.0 Å². The number of carbonyl (C=O) groups is 2. The lowest BCUT2D eigenvalue weighted by molar-refractivity contribution is -0.126. The van der Waals surface area contributed by atoms with Crippen LogP contribution in [0, 0.1) is 5.92 Å². The largest absolute Gasteiger partial charge is 0.355 e. The fraction of sp³-hybridized carbons (Fsp3) is 0.462. The van der Waals surface area contributed by atoms with E-state index in [0.29, 0.717) is 32.5 Å². The third kappa shape index (κ3) is 5.18. The Labute approximate surface area is 202 Å². The zero-order chi connectivity index (χ0) is 24.3. The molecule has 0 saturated carbocycles. The maximum Gasteiger partial charge on any atom is 0.243 e. The molecule has 2 aromatic carbocycles. The first-order valence-electron chi connectivity index (χ1n) is 12.0. The van der Waals surface area contributed by atoms with Crippen LogP contribution in [-0.2, 0) is 26.0 Å². The van der Waals surface area contributed by atoms with Crippen molar-refractivity contribution in [2.75, 3.05) is 31.1 Å². The SMILES string of the molecule is CC(=O)N1CCCc2cc(S(=O)(=O)N3CCC[C@@H](C(=O)NC[C@@H](C)c4ccccc4)C3)ccc21. The lowest BCUT2D eigenvalue weighted by atomic mass is 9.97. The standard InChI is InChI=1S/C26H33N3O4S/c1-19(21-8-4-3-5-9-21)17-27-26(31)23-11-6-14-28(18-23)34(32,33)24-12-13-25-22(16-24)10-7-15-29(25)20(2)30/h3-5,8-9,12-13,16,19,23H,6-7,10-11,14-15,17-18H2,1-2H3,(H,27,31)/t19-,23-/m1/s1. The first-order valence-corrected chi connectivity index (χ1v) is 13.4. The predicted molar refractivity (Wildman–Crippen MR) is 132 cm³/mol.